The zero-order valence-corrected chi connectivity index (χ0v) is 11.0. The molecule has 5 nitrogen and oxygen atoms in total. The van der Waals surface area contributed by atoms with Gasteiger partial charge in [0.05, 0.1) is 16.8 Å². The molecular formula is C14H15N5. The maximum atomic E-state index is 5.95. The maximum absolute atomic E-state index is 5.95. The lowest BCUT2D eigenvalue weighted by atomic mass is 10.2. The van der Waals surface area contributed by atoms with E-state index < -0.39 is 0 Å². The number of fused-ring (bicyclic) bond motifs is 1. The Morgan fingerprint density at radius 1 is 1.26 bits per heavy atom. The summed E-state index contributed by atoms with van der Waals surface area (Å²) in [6.45, 7) is 4.11. The van der Waals surface area contributed by atoms with Crippen LogP contribution in [-0.2, 0) is 6.42 Å². The van der Waals surface area contributed by atoms with Crippen molar-refractivity contribution in [3.8, 4) is 5.69 Å². The topological polar surface area (TPSA) is 69.6 Å². The third-order valence-electron chi connectivity index (χ3n) is 3.15. The summed E-state index contributed by atoms with van der Waals surface area (Å²) in [6, 6.07) is 8.15. The molecule has 0 radical (unpaired) electrons. The van der Waals surface area contributed by atoms with E-state index in [1.165, 1.54) is 11.9 Å². The fourth-order valence-electron chi connectivity index (χ4n) is 2.23. The van der Waals surface area contributed by atoms with Gasteiger partial charge in [0.2, 0.25) is 0 Å². The van der Waals surface area contributed by atoms with Crippen LogP contribution in [0.4, 0.5) is 5.82 Å². The van der Waals surface area contributed by atoms with Gasteiger partial charge in [0, 0.05) is 0 Å². The van der Waals surface area contributed by atoms with Crippen LogP contribution in [0.5, 0.6) is 0 Å². The molecule has 2 aromatic heterocycles. The average molecular weight is 253 g/mol. The first-order chi connectivity index (χ1) is 9.20. The molecule has 3 rings (SSSR count). The molecule has 1 aromatic carbocycles. The second kappa shape index (κ2) is 4.35. The van der Waals surface area contributed by atoms with Crippen LogP contribution in [0, 0.1) is 6.92 Å². The highest BCUT2D eigenvalue weighted by Crippen LogP contribution is 2.24. The molecule has 5 heteroatoms. The van der Waals surface area contributed by atoms with Crippen LogP contribution in [0.2, 0.25) is 0 Å². The monoisotopic (exact) mass is 253 g/mol. The highest BCUT2D eigenvalue weighted by Gasteiger charge is 2.14. The van der Waals surface area contributed by atoms with E-state index in [-0.39, 0.29) is 0 Å². The molecule has 19 heavy (non-hydrogen) atoms. The van der Waals surface area contributed by atoms with Crippen molar-refractivity contribution in [2.24, 2.45) is 0 Å². The quantitative estimate of drug-likeness (QED) is 0.760. The summed E-state index contributed by atoms with van der Waals surface area (Å²) in [5.74, 6) is 0.487. The van der Waals surface area contributed by atoms with Crippen LogP contribution in [-0.4, -0.2) is 19.7 Å². The van der Waals surface area contributed by atoms with Gasteiger partial charge < -0.3 is 5.73 Å². The van der Waals surface area contributed by atoms with Crippen molar-refractivity contribution >= 4 is 16.9 Å². The van der Waals surface area contributed by atoms with E-state index in [4.69, 9.17) is 5.73 Å². The Bertz CT molecular complexity index is 745. The molecule has 2 heterocycles. The van der Waals surface area contributed by atoms with Gasteiger partial charge in [-0.3, -0.25) is 0 Å². The summed E-state index contributed by atoms with van der Waals surface area (Å²) in [7, 11) is 0. The number of nitrogens with zero attached hydrogens (tertiary/aromatic N) is 4. The summed E-state index contributed by atoms with van der Waals surface area (Å²) in [5.41, 5.74) is 9.80. The number of aryl methyl sites for hydroxylation is 2. The predicted molar refractivity (Wildman–Crippen MR) is 75.2 cm³/mol. The van der Waals surface area contributed by atoms with E-state index in [2.05, 4.69) is 41.0 Å². The Morgan fingerprint density at radius 3 is 2.84 bits per heavy atom. The van der Waals surface area contributed by atoms with Crippen LogP contribution in [0.3, 0.4) is 0 Å². The first-order valence-electron chi connectivity index (χ1n) is 6.26. The zero-order valence-electron chi connectivity index (χ0n) is 11.0. The van der Waals surface area contributed by atoms with Crippen molar-refractivity contribution in [3.05, 3.63) is 41.9 Å². The number of anilines is 1. The van der Waals surface area contributed by atoms with E-state index in [1.807, 2.05) is 16.8 Å². The van der Waals surface area contributed by atoms with Crippen LogP contribution < -0.4 is 5.73 Å². The van der Waals surface area contributed by atoms with E-state index in [0.717, 1.165) is 28.8 Å². The van der Waals surface area contributed by atoms with Gasteiger partial charge in [0.15, 0.2) is 5.65 Å². The Morgan fingerprint density at radius 2 is 2.11 bits per heavy atom. The predicted octanol–water partition coefficient (Wildman–Crippen LogP) is 2.27. The molecular weight excluding hydrogens is 238 g/mol. The average Bonchev–Trinajstić information content (AvgIpc) is 2.79. The van der Waals surface area contributed by atoms with Crippen molar-refractivity contribution < 1.29 is 0 Å². The summed E-state index contributed by atoms with van der Waals surface area (Å²) in [4.78, 5) is 8.38. The molecule has 0 amide bonds. The van der Waals surface area contributed by atoms with E-state index in [0.29, 0.717) is 5.82 Å². The van der Waals surface area contributed by atoms with Gasteiger partial charge >= 0.3 is 0 Å². The fraction of sp³-hybridized carbons (Fsp3) is 0.214. The normalized spacial score (nSPS) is 11.1. The fourth-order valence-corrected chi connectivity index (χ4v) is 2.23. The number of rotatable bonds is 2. The first-order valence-corrected chi connectivity index (χ1v) is 6.26. The summed E-state index contributed by atoms with van der Waals surface area (Å²) >= 11 is 0. The van der Waals surface area contributed by atoms with Crippen molar-refractivity contribution in [2.45, 2.75) is 20.3 Å². The van der Waals surface area contributed by atoms with Crippen LogP contribution in [0.25, 0.3) is 16.7 Å². The summed E-state index contributed by atoms with van der Waals surface area (Å²) in [5, 5.41) is 5.47. The molecule has 0 aliphatic heterocycles. The van der Waals surface area contributed by atoms with Crippen LogP contribution in [0.1, 0.15) is 18.2 Å². The molecule has 0 saturated heterocycles. The lowest BCUT2D eigenvalue weighted by Gasteiger charge is -2.03. The molecule has 0 saturated carbocycles. The minimum Gasteiger partial charge on any atom is -0.383 e. The van der Waals surface area contributed by atoms with Gasteiger partial charge in [0.25, 0.3) is 0 Å². The molecule has 96 valence electrons. The number of nitrogens with two attached hydrogens (primary N) is 1. The second-order valence-corrected chi connectivity index (χ2v) is 4.51. The number of nitrogen functional groups attached to an aromatic ring is 1. The Hall–Kier alpha value is -2.43. The number of hydrogen-bond acceptors (Lipinski definition) is 4. The molecule has 0 aliphatic carbocycles. The molecule has 0 spiro atoms. The summed E-state index contributed by atoms with van der Waals surface area (Å²) < 4.78 is 1.83. The second-order valence-electron chi connectivity index (χ2n) is 4.51. The number of aromatic nitrogens is 4. The third kappa shape index (κ3) is 1.83. The van der Waals surface area contributed by atoms with Gasteiger partial charge in [-0.2, -0.15) is 5.10 Å². The van der Waals surface area contributed by atoms with Crippen LogP contribution in [0.15, 0.2) is 30.6 Å². The molecule has 2 N–H and O–H groups in total. The summed E-state index contributed by atoms with van der Waals surface area (Å²) in [6.07, 6.45) is 2.28. The first kappa shape index (κ1) is 11.6. The van der Waals surface area contributed by atoms with E-state index in [9.17, 15) is 0 Å². The minimum atomic E-state index is 0.487. The minimum absolute atomic E-state index is 0.487. The smallest absolute Gasteiger partial charge is 0.168 e. The Kier molecular flexibility index (Phi) is 2.67. The van der Waals surface area contributed by atoms with Gasteiger partial charge in [0.1, 0.15) is 12.1 Å². The molecule has 0 fully saturated rings. The lowest BCUT2D eigenvalue weighted by molar-refractivity contribution is 0.853. The molecule has 0 atom stereocenters. The van der Waals surface area contributed by atoms with E-state index >= 15 is 0 Å². The van der Waals surface area contributed by atoms with Crippen molar-refractivity contribution in [2.75, 3.05) is 5.73 Å². The molecule has 3 aromatic rings. The van der Waals surface area contributed by atoms with E-state index in [1.54, 1.807) is 0 Å². The van der Waals surface area contributed by atoms with Crippen LogP contribution >= 0.6 is 0 Å². The highest BCUT2D eigenvalue weighted by atomic mass is 15.3. The van der Waals surface area contributed by atoms with Crippen molar-refractivity contribution in [3.63, 3.8) is 0 Å². The van der Waals surface area contributed by atoms with Crippen molar-refractivity contribution in [1.29, 1.82) is 0 Å². The highest BCUT2D eigenvalue weighted by molar-refractivity contribution is 5.89. The number of hydrogen-bond donors (Lipinski definition) is 1. The standard InChI is InChI=1S/C14H15N5/c1-3-11-12-13(15)16-8-17-14(12)19(18-11)10-6-4-5-9(2)7-10/h4-8H,3H2,1-2H3,(H2,15,16,17). The lowest BCUT2D eigenvalue weighted by Crippen LogP contribution is -1.99. The third-order valence-corrected chi connectivity index (χ3v) is 3.15. The Labute approximate surface area is 111 Å². The zero-order chi connectivity index (χ0) is 13.4. The van der Waals surface area contributed by atoms with Gasteiger partial charge in [-0.15, -0.1) is 0 Å². The largest absolute Gasteiger partial charge is 0.383 e. The van der Waals surface area contributed by atoms with Gasteiger partial charge in [-0.05, 0) is 31.0 Å². The molecule has 0 unspecified atom stereocenters. The SMILES string of the molecule is CCc1nn(-c2cccc(C)c2)c2ncnc(N)c12. The Balaban J connectivity index is 2.33. The van der Waals surface area contributed by atoms with Crippen molar-refractivity contribution in [1.82, 2.24) is 19.7 Å². The van der Waals surface area contributed by atoms with Gasteiger partial charge in [-0.1, -0.05) is 19.1 Å². The molecule has 0 aliphatic rings. The maximum Gasteiger partial charge on any atom is 0.168 e. The molecule has 0 bridgehead atoms. The number of benzene rings is 1. The van der Waals surface area contributed by atoms with Gasteiger partial charge in [-0.25, -0.2) is 14.6 Å².